The Hall–Kier alpha value is -5.55. The van der Waals surface area contributed by atoms with Crippen molar-refractivity contribution in [2.45, 2.75) is 45.8 Å². The number of aromatic nitrogens is 2. The fraction of sp³-hybridized carbons (Fsp3) is 0.194. The Labute approximate surface area is 280 Å². The standard InChI is InChI=1S/C36H32ClFN4O6/c1-20-8-10-24(19-28(20)37)23-6-5-7-25(18-23)32(43)40-30(34(44)45)17-21-9-15-27(29(38)16-21)31-41-33(48-42-31)22-11-13-26(14-12-22)39-35(46)47-36(2,3)4/h5-16,18-19,30H,17H2,1-4H3,(H,39,46)(H,40,43)(H,44,45). The van der Waals surface area contributed by atoms with E-state index in [-0.39, 0.29) is 29.3 Å². The average Bonchev–Trinajstić information content (AvgIpc) is 3.51. The Morgan fingerprint density at radius 3 is 2.33 bits per heavy atom. The normalized spacial score (nSPS) is 11.9. The average molecular weight is 671 g/mol. The predicted molar refractivity (Wildman–Crippen MR) is 179 cm³/mol. The van der Waals surface area contributed by atoms with E-state index in [0.29, 0.717) is 21.8 Å². The highest BCUT2D eigenvalue weighted by molar-refractivity contribution is 6.31. The zero-order chi connectivity index (χ0) is 34.6. The molecule has 1 atom stereocenters. The second kappa shape index (κ2) is 14.1. The van der Waals surface area contributed by atoms with Crippen molar-refractivity contribution in [2.75, 3.05) is 5.32 Å². The van der Waals surface area contributed by atoms with Gasteiger partial charge in [-0.15, -0.1) is 0 Å². The second-order valence-corrected chi connectivity index (χ2v) is 12.5. The Balaban J connectivity index is 1.25. The van der Waals surface area contributed by atoms with Crippen LogP contribution in [0, 0.1) is 12.7 Å². The van der Waals surface area contributed by atoms with Crippen molar-refractivity contribution < 1.29 is 33.1 Å². The molecule has 10 nitrogen and oxygen atoms in total. The van der Waals surface area contributed by atoms with Crippen molar-refractivity contribution in [3.63, 3.8) is 0 Å². The van der Waals surface area contributed by atoms with Gasteiger partial charge in [-0.2, -0.15) is 4.98 Å². The van der Waals surface area contributed by atoms with Crippen molar-refractivity contribution in [3.8, 4) is 34.0 Å². The van der Waals surface area contributed by atoms with Crippen LogP contribution in [0.5, 0.6) is 0 Å². The van der Waals surface area contributed by atoms with Gasteiger partial charge < -0.3 is 19.7 Å². The lowest BCUT2D eigenvalue weighted by atomic mass is 10.0. The number of ether oxygens (including phenoxy) is 1. The van der Waals surface area contributed by atoms with Gasteiger partial charge in [0.25, 0.3) is 11.8 Å². The summed E-state index contributed by atoms with van der Waals surface area (Å²) in [5, 5.41) is 19.5. The molecule has 0 saturated carbocycles. The number of anilines is 1. The number of hydrogen-bond donors (Lipinski definition) is 3. The third-order valence-corrected chi connectivity index (χ3v) is 7.56. The minimum absolute atomic E-state index is 0.0113. The maximum absolute atomic E-state index is 15.3. The monoisotopic (exact) mass is 670 g/mol. The minimum Gasteiger partial charge on any atom is -0.480 e. The summed E-state index contributed by atoms with van der Waals surface area (Å²) in [6.45, 7) is 7.17. The van der Waals surface area contributed by atoms with Crippen molar-refractivity contribution in [2.24, 2.45) is 0 Å². The molecule has 1 heterocycles. The summed E-state index contributed by atoms with van der Waals surface area (Å²) in [6.07, 6.45) is -0.770. The third kappa shape index (κ3) is 8.42. The number of rotatable bonds is 9. The maximum Gasteiger partial charge on any atom is 0.412 e. The predicted octanol–water partition coefficient (Wildman–Crippen LogP) is 7.94. The molecule has 4 aromatic carbocycles. The van der Waals surface area contributed by atoms with Gasteiger partial charge in [-0.1, -0.05) is 47.1 Å². The molecule has 0 aliphatic rings. The van der Waals surface area contributed by atoms with E-state index in [2.05, 4.69) is 20.8 Å². The number of amides is 2. The summed E-state index contributed by atoms with van der Waals surface area (Å²) in [4.78, 5) is 41.5. The number of carbonyl (C=O) groups excluding carboxylic acids is 2. The highest BCUT2D eigenvalue weighted by Crippen LogP contribution is 2.28. The Kier molecular flexibility index (Phi) is 9.90. The molecule has 1 unspecified atom stereocenters. The van der Waals surface area contributed by atoms with Crippen LogP contribution in [0.4, 0.5) is 14.9 Å². The van der Waals surface area contributed by atoms with Crippen LogP contribution in [0.2, 0.25) is 5.02 Å². The molecule has 5 rings (SSSR count). The Bertz CT molecular complexity index is 1990. The molecule has 5 aromatic rings. The van der Waals surface area contributed by atoms with Gasteiger partial charge in [-0.3, -0.25) is 10.1 Å². The van der Waals surface area contributed by atoms with Gasteiger partial charge in [-0.05, 0) is 105 Å². The first-order valence-electron chi connectivity index (χ1n) is 14.9. The highest BCUT2D eigenvalue weighted by atomic mass is 35.5. The van der Waals surface area contributed by atoms with Crippen LogP contribution in [0.1, 0.15) is 42.3 Å². The third-order valence-electron chi connectivity index (χ3n) is 7.15. The lowest BCUT2D eigenvalue weighted by molar-refractivity contribution is -0.139. The molecule has 0 spiro atoms. The highest BCUT2D eigenvalue weighted by Gasteiger charge is 2.23. The molecule has 0 aliphatic heterocycles. The van der Waals surface area contributed by atoms with Crippen molar-refractivity contribution in [1.82, 2.24) is 15.5 Å². The summed E-state index contributed by atoms with van der Waals surface area (Å²) >= 11 is 6.26. The number of nitrogens with zero attached hydrogens (tertiary/aromatic N) is 2. The van der Waals surface area contributed by atoms with Gasteiger partial charge in [0, 0.05) is 28.3 Å². The number of carboxylic acid groups (broad SMARTS) is 1. The van der Waals surface area contributed by atoms with Gasteiger partial charge in [0.05, 0.1) is 5.56 Å². The van der Waals surface area contributed by atoms with E-state index in [0.717, 1.165) is 16.7 Å². The first kappa shape index (κ1) is 33.8. The summed E-state index contributed by atoms with van der Waals surface area (Å²) in [5.74, 6) is -2.45. The van der Waals surface area contributed by atoms with Crippen LogP contribution in [-0.2, 0) is 16.0 Å². The molecule has 48 heavy (non-hydrogen) atoms. The van der Waals surface area contributed by atoms with Crippen LogP contribution in [0.15, 0.2) is 89.5 Å². The number of nitrogens with one attached hydrogen (secondary N) is 2. The van der Waals surface area contributed by atoms with Gasteiger partial charge in [-0.25, -0.2) is 14.0 Å². The zero-order valence-corrected chi connectivity index (χ0v) is 27.3. The first-order chi connectivity index (χ1) is 22.8. The second-order valence-electron chi connectivity index (χ2n) is 12.1. The summed E-state index contributed by atoms with van der Waals surface area (Å²) in [7, 11) is 0. The van der Waals surface area contributed by atoms with Gasteiger partial charge in [0.15, 0.2) is 0 Å². The van der Waals surface area contributed by atoms with Gasteiger partial charge in [0.1, 0.15) is 17.5 Å². The number of carbonyl (C=O) groups is 3. The molecule has 2 amide bonds. The number of halogens is 2. The lowest BCUT2D eigenvalue weighted by Gasteiger charge is -2.19. The van der Waals surface area contributed by atoms with E-state index in [4.69, 9.17) is 20.9 Å². The molecule has 0 fully saturated rings. The fourth-order valence-electron chi connectivity index (χ4n) is 4.72. The van der Waals surface area contributed by atoms with E-state index in [9.17, 15) is 19.5 Å². The lowest BCUT2D eigenvalue weighted by Crippen LogP contribution is -2.42. The van der Waals surface area contributed by atoms with Crippen LogP contribution in [0.25, 0.3) is 34.0 Å². The topological polar surface area (TPSA) is 144 Å². The number of hydrogen-bond acceptors (Lipinski definition) is 7. The molecule has 246 valence electrons. The zero-order valence-electron chi connectivity index (χ0n) is 26.5. The van der Waals surface area contributed by atoms with E-state index in [1.54, 1.807) is 69.3 Å². The van der Waals surface area contributed by atoms with Crippen LogP contribution in [0.3, 0.4) is 0 Å². The van der Waals surface area contributed by atoms with E-state index < -0.39 is 35.4 Å². The molecule has 0 bridgehead atoms. The number of aliphatic carboxylic acids is 1. The summed E-state index contributed by atoms with van der Waals surface area (Å²) < 4.78 is 25.8. The van der Waals surface area contributed by atoms with Crippen molar-refractivity contribution >= 4 is 35.3 Å². The van der Waals surface area contributed by atoms with Crippen LogP contribution >= 0.6 is 11.6 Å². The summed E-state index contributed by atoms with van der Waals surface area (Å²) in [5.41, 5.74) is 3.50. The van der Waals surface area contributed by atoms with E-state index in [1.165, 1.54) is 18.2 Å². The van der Waals surface area contributed by atoms with Crippen LogP contribution < -0.4 is 10.6 Å². The number of aryl methyl sites for hydroxylation is 1. The van der Waals surface area contributed by atoms with E-state index in [1.807, 2.05) is 25.1 Å². The fourth-order valence-corrected chi connectivity index (χ4v) is 4.90. The number of carboxylic acids is 1. The van der Waals surface area contributed by atoms with Gasteiger partial charge >= 0.3 is 12.1 Å². The first-order valence-corrected chi connectivity index (χ1v) is 15.3. The molecule has 0 radical (unpaired) electrons. The molecular formula is C36H32ClFN4O6. The van der Waals surface area contributed by atoms with Crippen molar-refractivity contribution in [1.29, 1.82) is 0 Å². The Morgan fingerprint density at radius 2 is 1.67 bits per heavy atom. The van der Waals surface area contributed by atoms with Crippen LogP contribution in [-0.4, -0.2) is 44.9 Å². The molecule has 1 aromatic heterocycles. The van der Waals surface area contributed by atoms with Crippen molar-refractivity contribution in [3.05, 3.63) is 112 Å². The minimum atomic E-state index is -1.33. The largest absolute Gasteiger partial charge is 0.480 e. The molecule has 12 heteroatoms. The Morgan fingerprint density at radius 1 is 0.958 bits per heavy atom. The molecule has 3 N–H and O–H groups in total. The van der Waals surface area contributed by atoms with E-state index >= 15 is 4.39 Å². The molecular weight excluding hydrogens is 639 g/mol. The quantitative estimate of drug-likeness (QED) is 0.143. The smallest absolute Gasteiger partial charge is 0.412 e. The number of benzene rings is 4. The molecule has 0 aliphatic carbocycles. The van der Waals surface area contributed by atoms with Gasteiger partial charge in [0.2, 0.25) is 5.82 Å². The SMILES string of the molecule is Cc1ccc(-c2cccc(C(=O)NC(Cc3ccc(-c4noc(-c5ccc(NC(=O)OC(C)(C)C)cc5)n4)c(F)c3)C(=O)O)c2)cc1Cl. The summed E-state index contributed by atoms with van der Waals surface area (Å²) in [6, 6.07) is 21.7. The molecule has 0 saturated heterocycles. The maximum atomic E-state index is 15.3.